The molecular formula is C13H17N3O2. The van der Waals surface area contributed by atoms with Crippen LogP contribution in [0.15, 0.2) is 18.3 Å². The Morgan fingerprint density at radius 2 is 2.39 bits per heavy atom. The number of piperazine rings is 1. The van der Waals surface area contributed by atoms with Crippen LogP contribution in [0.1, 0.15) is 23.3 Å². The molecule has 1 aliphatic carbocycles. The molecule has 2 heterocycles. The van der Waals surface area contributed by atoms with Gasteiger partial charge in [-0.1, -0.05) is 0 Å². The van der Waals surface area contributed by atoms with Gasteiger partial charge >= 0.3 is 5.97 Å². The number of nitrogens with one attached hydrogen (secondary N) is 1. The van der Waals surface area contributed by atoms with Crippen LogP contribution < -0.4 is 10.2 Å². The van der Waals surface area contributed by atoms with Gasteiger partial charge in [0.05, 0.1) is 19.0 Å². The van der Waals surface area contributed by atoms with Crippen molar-refractivity contribution < 1.29 is 9.53 Å². The van der Waals surface area contributed by atoms with Gasteiger partial charge in [0.1, 0.15) is 5.69 Å². The lowest BCUT2D eigenvalue weighted by atomic mass is 9.83. The van der Waals surface area contributed by atoms with Crippen LogP contribution in [0.3, 0.4) is 0 Å². The number of fused-ring (bicyclic) bond motifs is 1. The first-order valence-electron chi connectivity index (χ1n) is 6.34. The van der Waals surface area contributed by atoms with Gasteiger partial charge in [0.2, 0.25) is 0 Å². The molecule has 5 nitrogen and oxygen atoms in total. The molecule has 3 rings (SSSR count). The maximum Gasteiger partial charge on any atom is 0.356 e. The molecule has 2 fully saturated rings. The van der Waals surface area contributed by atoms with Crippen LogP contribution in [0, 0.1) is 0 Å². The van der Waals surface area contributed by atoms with Crippen molar-refractivity contribution in [3.8, 4) is 0 Å². The van der Waals surface area contributed by atoms with Crippen molar-refractivity contribution in [1.29, 1.82) is 0 Å². The lowest BCUT2D eigenvalue weighted by molar-refractivity contribution is 0.0594. The van der Waals surface area contributed by atoms with Crippen LogP contribution in [0.4, 0.5) is 5.69 Å². The highest BCUT2D eigenvalue weighted by Crippen LogP contribution is 2.31. The van der Waals surface area contributed by atoms with Crippen molar-refractivity contribution in [3.05, 3.63) is 24.0 Å². The molecule has 5 heteroatoms. The Morgan fingerprint density at radius 1 is 1.50 bits per heavy atom. The van der Waals surface area contributed by atoms with E-state index in [0.29, 0.717) is 17.8 Å². The number of pyridine rings is 1. The molecule has 2 atom stereocenters. The highest BCUT2D eigenvalue weighted by molar-refractivity contribution is 5.87. The topological polar surface area (TPSA) is 54.5 Å². The van der Waals surface area contributed by atoms with E-state index in [-0.39, 0.29) is 5.97 Å². The van der Waals surface area contributed by atoms with E-state index in [1.165, 1.54) is 20.0 Å². The predicted octanol–water partition coefficient (Wildman–Crippen LogP) is 0.809. The smallest absolute Gasteiger partial charge is 0.356 e. The lowest BCUT2D eigenvalue weighted by Crippen LogP contribution is -2.63. The van der Waals surface area contributed by atoms with Crippen molar-refractivity contribution in [2.24, 2.45) is 0 Å². The maximum atomic E-state index is 11.3. The van der Waals surface area contributed by atoms with Gasteiger partial charge in [-0.25, -0.2) is 9.78 Å². The summed E-state index contributed by atoms with van der Waals surface area (Å²) in [6.07, 6.45) is 4.26. The number of ether oxygens (including phenoxy) is 1. The number of hydrogen-bond donors (Lipinski definition) is 1. The minimum Gasteiger partial charge on any atom is -0.464 e. The third kappa shape index (κ3) is 1.84. The zero-order valence-electron chi connectivity index (χ0n) is 10.4. The van der Waals surface area contributed by atoms with Crippen LogP contribution in [0.25, 0.3) is 0 Å². The minimum absolute atomic E-state index is 0.363. The molecule has 0 unspecified atom stereocenters. The number of carbonyl (C=O) groups excluding carboxylic acids is 1. The Bertz CT molecular complexity index is 446. The van der Waals surface area contributed by atoms with Crippen LogP contribution in [0.5, 0.6) is 0 Å². The van der Waals surface area contributed by atoms with Crippen LogP contribution in [-0.4, -0.2) is 43.2 Å². The molecule has 0 amide bonds. The second kappa shape index (κ2) is 4.57. The summed E-state index contributed by atoms with van der Waals surface area (Å²) in [5, 5.41) is 3.52. The van der Waals surface area contributed by atoms with E-state index in [1.807, 2.05) is 6.07 Å². The molecule has 1 N–H and O–H groups in total. The van der Waals surface area contributed by atoms with E-state index in [2.05, 4.69) is 19.9 Å². The summed E-state index contributed by atoms with van der Waals surface area (Å²) in [6.45, 7) is 2.01. The average molecular weight is 247 g/mol. The van der Waals surface area contributed by atoms with Crippen molar-refractivity contribution in [3.63, 3.8) is 0 Å². The zero-order valence-corrected chi connectivity index (χ0v) is 10.4. The van der Waals surface area contributed by atoms with Crippen LogP contribution in [-0.2, 0) is 4.74 Å². The van der Waals surface area contributed by atoms with Crippen molar-refractivity contribution >= 4 is 11.7 Å². The Morgan fingerprint density at radius 3 is 3.00 bits per heavy atom. The highest BCUT2D eigenvalue weighted by Gasteiger charge is 2.38. The number of anilines is 1. The van der Waals surface area contributed by atoms with E-state index >= 15 is 0 Å². The Kier molecular flexibility index (Phi) is 2.91. The Hall–Kier alpha value is -1.62. The van der Waals surface area contributed by atoms with E-state index in [0.717, 1.165) is 18.8 Å². The molecular weight excluding hydrogens is 230 g/mol. The van der Waals surface area contributed by atoms with Gasteiger partial charge in [0, 0.05) is 25.2 Å². The summed E-state index contributed by atoms with van der Waals surface area (Å²) < 4.78 is 4.65. The summed E-state index contributed by atoms with van der Waals surface area (Å²) in [6, 6.07) is 4.90. The number of aromatic nitrogens is 1. The molecule has 18 heavy (non-hydrogen) atoms. The molecule has 1 aromatic rings. The molecule has 0 radical (unpaired) electrons. The number of nitrogens with zero attached hydrogens (tertiary/aromatic N) is 2. The maximum absolute atomic E-state index is 11.3. The van der Waals surface area contributed by atoms with Gasteiger partial charge in [0.25, 0.3) is 0 Å². The normalized spacial score (nSPS) is 26.2. The van der Waals surface area contributed by atoms with Crippen molar-refractivity contribution in [2.75, 3.05) is 25.1 Å². The number of methoxy groups -OCH3 is 1. The first-order valence-corrected chi connectivity index (χ1v) is 6.34. The second-order valence-electron chi connectivity index (χ2n) is 4.79. The highest BCUT2D eigenvalue weighted by atomic mass is 16.5. The van der Waals surface area contributed by atoms with Crippen LogP contribution in [0.2, 0.25) is 0 Å². The van der Waals surface area contributed by atoms with Gasteiger partial charge < -0.3 is 15.0 Å². The van der Waals surface area contributed by atoms with Crippen LogP contribution >= 0.6 is 0 Å². The van der Waals surface area contributed by atoms with E-state index in [9.17, 15) is 4.79 Å². The summed E-state index contributed by atoms with van der Waals surface area (Å²) in [5.41, 5.74) is 1.46. The van der Waals surface area contributed by atoms with E-state index < -0.39 is 0 Å². The quantitative estimate of drug-likeness (QED) is 0.784. The summed E-state index contributed by atoms with van der Waals surface area (Å²) in [4.78, 5) is 17.9. The molecule has 1 saturated carbocycles. The molecule has 0 aromatic carbocycles. The monoisotopic (exact) mass is 247 g/mol. The number of esters is 1. The minimum atomic E-state index is -0.386. The Balaban J connectivity index is 1.78. The summed E-state index contributed by atoms with van der Waals surface area (Å²) in [5.74, 6) is -0.386. The fourth-order valence-corrected chi connectivity index (χ4v) is 2.73. The first-order chi connectivity index (χ1) is 8.79. The fourth-order valence-electron chi connectivity index (χ4n) is 2.73. The molecule has 0 bridgehead atoms. The zero-order chi connectivity index (χ0) is 12.5. The van der Waals surface area contributed by atoms with Gasteiger partial charge in [-0.3, -0.25) is 0 Å². The molecule has 1 saturated heterocycles. The van der Waals surface area contributed by atoms with Gasteiger partial charge in [-0.05, 0) is 25.0 Å². The molecule has 1 aromatic heterocycles. The lowest BCUT2D eigenvalue weighted by Gasteiger charge is -2.49. The summed E-state index contributed by atoms with van der Waals surface area (Å²) >= 11 is 0. The first kappa shape index (κ1) is 11.5. The second-order valence-corrected chi connectivity index (χ2v) is 4.79. The standard InChI is InChI=1S/C13H17N3O2/c1-18-13(17)11-3-2-9(8-15-11)16-7-6-14-10-4-5-12(10)16/h2-3,8,10,12,14H,4-7H2,1H3/t10-,12+/m0/s1. The van der Waals surface area contributed by atoms with Gasteiger partial charge in [0.15, 0.2) is 0 Å². The molecule has 2 aliphatic rings. The number of carbonyl (C=O) groups is 1. The van der Waals surface area contributed by atoms with E-state index in [1.54, 1.807) is 12.3 Å². The fraction of sp³-hybridized carbons (Fsp3) is 0.538. The summed E-state index contributed by atoms with van der Waals surface area (Å²) in [7, 11) is 1.37. The van der Waals surface area contributed by atoms with E-state index in [4.69, 9.17) is 0 Å². The van der Waals surface area contributed by atoms with Gasteiger partial charge in [-0.15, -0.1) is 0 Å². The third-order valence-corrected chi connectivity index (χ3v) is 3.87. The number of hydrogen-bond acceptors (Lipinski definition) is 5. The molecule has 0 spiro atoms. The number of rotatable bonds is 2. The Labute approximate surface area is 106 Å². The van der Waals surface area contributed by atoms with Crippen molar-refractivity contribution in [2.45, 2.75) is 24.9 Å². The SMILES string of the molecule is COC(=O)c1ccc(N2CCN[C@H]3CC[C@H]32)cn1. The molecule has 1 aliphatic heterocycles. The third-order valence-electron chi connectivity index (χ3n) is 3.87. The largest absolute Gasteiger partial charge is 0.464 e. The average Bonchev–Trinajstić information content (AvgIpc) is 2.39. The van der Waals surface area contributed by atoms with Gasteiger partial charge in [-0.2, -0.15) is 0 Å². The molecule has 96 valence electrons. The predicted molar refractivity (Wildman–Crippen MR) is 67.7 cm³/mol. The van der Waals surface area contributed by atoms with Crippen molar-refractivity contribution in [1.82, 2.24) is 10.3 Å².